The number of aromatic hydroxyl groups is 1. The first kappa shape index (κ1) is 15.6. The molecule has 0 aliphatic rings. The van der Waals surface area contributed by atoms with Crippen molar-refractivity contribution in [2.45, 2.75) is 6.18 Å². The van der Waals surface area contributed by atoms with Crippen molar-refractivity contribution >= 4 is 11.9 Å². The summed E-state index contributed by atoms with van der Waals surface area (Å²) in [6.07, 6.45) is -4.63. The van der Waals surface area contributed by atoms with E-state index >= 15 is 0 Å². The van der Waals surface area contributed by atoms with Crippen molar-refractivity contribution in [2.75, 3.05) is 13.2 Å². The molecule has 0 bridgehead atoms. The number of esters is 1. The summed E-state index contributed by atoms with van der Waals surface area (Å²) >= 11 is 0. The van der Waals surface area contributed by atoms with Crippen molar-refractivity contribution in [2.24, 2.45) is 0 Å². The molecule has 2 N–H and O–H groups in total. The summed E-state index contributed by atoms with van der Waals surface area (Å²) in [7, 11) is 0. The van der Waals surface area contributed by atoms with Crippen LogP contribution in [0.5, 0.6) is 11.5 Å². The van der Waals surface area contributed by atoms with Gasteiger partial charge in [-0.05, 0) is 18.2 Å². The number of carbonyl (C=O) groups excluding carboxylic acids is 1. The molecule has 0 spiro atoms. The minimum atomic E-state index is -4.63. The van der Waals surface area contributed by atoms with Gasteiger partial charge in [-0.2, -0.15) is 13.2 Å². The molecule has 1 aromatic rings. The highest BCUT2D eigenvalue weighted by Crippen LogP contribution is 2.23. The zero-order chi connectivity index (χ0) is 15.3. The number of alkyl halides is 3. The summed E-state index contributed by atoms with van der Waals surface area (Å²) in [5, 5.41) is 17.9. The molecule has 0 radical (unpaired) electrons. The monoisotopic (exact) mass is 294 g/mol. The van der Waals surface area contributed by atoms with Crippen LogP contribution in [0.15, 0.2) is 18.2 Å². The fourth-order valence-electron chi connectivity index (χ4n) is 1.12. The lowest BCUT2D eigenvalue weighted by Crippen LogP contribution is -2.23. The van der Waals surface area contributed by atoms with Crippen molar-refractivity contribution in [1.29, 1.82) is 0 Å². The van der Waals surface area contributed by atoms with Gasteiger partial charge in [-0.3, -0.25) is 0 Å². The number of halogens is 3. The third-order valence-electron chi connectivity index (χ3n) is 1.95. The normalized spacial score (nSPS) is 10.9. The minimum Gasteiger partial charge on any atom is -0.507 e. The average molecular weight is 294 g/mol. The number of benzene rings is 1. The third kappa shape index (κ3) is 5.04. The molecule has 0 atom stereocenters. The van der Waals surface area contributed by atoms with Gasteiger partial charge in [0.1, 0.15) is 17.1 Å². The van der Waals surface area contributed by atoms with E-state index in [1.807, 2.05) is 0 Å². The van der Waals surface area contributed by atoms with E-state index < -0.39 is 42.6 Å². The standard InChI is InChI=1S/C11H9F3O6/c12-11(13,14)5-20-9(16)4-19-6-1-2-8(15)7(3-6)10(17)18/h1-3,15H,4-5H2,(H,17,18). The maximum Gasteiger partial charge on any atom is 0.422 e. The molecule has 0 amide bonds. The predicted molar refractivity (Wildman–Crippen MR) is 57.6 cm³/mol. The topological polar surface area (TPSA) is 93.1 Å². The summed E-state index contributed by atoms with van der Waals surface area (Å²) in [6, 6.07) is 3.09. The molecule has 1 rings (SSSR count). The Morgan fingerprint density at radius 3 is 2.45 bits per heavy atom. The molecule has 1 aromatic carbocycles. The Morgan fingerprint density at radius 2 is 1.90 bits per heavy atom. The summed E-state index contributed by atoms with van der Waals surface area (Å²) in [4.78, 5) is 21.6. The maximum atomic E-state index is 11.8. The van der Waals surface area contributed by atoms with Crippen LogP contribution in [-0.4, -0.2) is 41.5 Å². The molecule has 0 aromatic heterocycles. The van der Waals surface area contributed by atoms with Crippen molar-refractivity contribution in [3.05, 3.63) is 23.8 Å². The zero-order valence-electron chi connectivity index (χ0n) is 9.81. The van der Waals surface area contributed by atoms with Crippen LogP contribution in [0.1, 0.15) is 10.4 Å². The number of carboxylic acids is 1. The highest BCUT2D eigenvalue weighted by Gasteiger charge is 2.29. The first-order valence-corrected chi connectivity index (χ1v) is 5.10. The smallest absolute Gasteiger partial charge is 0.422 e. The van der Waals surface area contributed by atoms with Crippen LogP contribution >= 0.6 is 0 Å². The average Bonchev–Trinajstić information content (AvgIpc) is 2.34. The first-order valence-electron chi connectivity index (χ1n) is 5.10. The van der Waals surface area contributed by atoms with E-state index in [1.165, 1.54) is 0 Å². The lowest BCUT2D eigenvalue weighted by atomic mass is 10.2. The fourth-order valence-corrected chi connectivity index (χ4v) is 1.12. The Labute approximate surface area is 110 Å². The van der Waals surface area contributed by atoms with Gasteiger partial charge in [-0.1, -0.05) is 0 Å². The molecule has 0 aliphatic carbocycles. The molecule has 0 unspecified atom stereocenters. The third-order valence-corrected chi connectivity index (χ3v) is 1.95. The lowest BCUT2D eigenvalue weighted by Gasteiger charge is -2.09. The van der Waals surface area contributed by atoms with Crippen molar-refractivity contribution in [3.8, 4) is 11.5 Å². The van der Waals surface area contributed by atoms with E-state index in [2.05, 4.69) is 4.74 Å². The minimum absolute atomic E-state index is 0.107. The predicted octanol–water partition coefficient (Wildman–Crippen LogP) is 1.57. The van der Waals surface area contributed by atoms with E-state index in [0.29, 0.717) is 0 Å². The molecule has 0 heterocycles. The van der Waals surface area contributed by atoms with Crippen molar-refractivity contribution in [1.82, 2.24) is 0 Å². The number of rotatable bonds is 5. The van der Waals surface area contributed by atoms with Gasteiger partial charge in [0, 0.05) is 0 Å². The summed E-state index contributed by atoms with van der Waals surface area (Å²) < 4.78 is 43.9. The molecule has 0 saturated heterocycles. The SMILES string of the molecule is O=C(COc1ccc(O)c(C(=O)O)c1)OCC(F)(F)F. The number of hydrogen-bond donors (Lipinski definition) is 2. The molecule has 9 heteroatoms. The molecule has 6 nitrogen and oxygen atoms in total. The molecule has 110 valence electrons. The fraction of sp³-hybridized carbons (Fsp3) is 0.273. The summed E-state index contributed by atoms with van der Waals surface area (Å²) in [6.45, 7) is -2.55. The Bertz CT molecular complexity index is 511. The second kappa shape index (κ2) is 6.13. The van der Waals surface area contributed by atoms with Crippen LogP contribution in [0.3, 0.4) is 0 Å². The molecule has 0 aliphatic heterocycles. The number of aromatic carboxylic acids is 1. The van der Waals surface area contributed by atoms with Crippen LogP contribution in [0.4, 0.5) is 13.2 Å². The van der Waals surface area contributed by atoms with Gasteiger partial charge in [0.15, 0.2) is 13.2 Å². The molecular formula is C11H9F3O6. The second-order valence-electron chi connectivity index (χ2n) is 3.55. The van der Waals surface area contributed by atoms with E-state index in [1.54, 1.807) is 0 Å². The van der Waals surface area contributed by atoms with Gasteiger partial charge in [0.2, 0.25) is 0 Å². The van der Waals surface area contributed by atoms with Crippen LogP contribution in [0, 0.1) is 0 Å². The maximum absolute atomic E-state index is 11.8. The largest absolute Gasteiger partial charge is 0.507 e. The Kier molecular flexibility index (Phi) is 4.78. The highest BCUT2D eigenvalue weighted by molar-refractivity contribution is 5.91. The second-order valence-corrected chi connectivity index (χ2v) is 3.55. The number of phenols is 1. The van der Waals surface area contributed by atoms with Crippen molar-refractivity contribution < 1.29 is 42.4 Å². The molecule has 20 heavy (non-hydrogen) atoms. The molecule has 0 saturated carbocycles. The number of carbonyl (C=O) groups is 2. The summed E-state index contributed by atoms with van der Waals surface area (Å²) in [5.74, 6) is -3.30. The lowest BCUT2D eigenvalue weighted by molar-refractivity contribution is -0.187. The van der Waals surface area contributed by atoms with Crippen molar-refractivity contribution in [3.63, 3.8) is 0 Å². The van der Waals surface area contributed by atoms with E-state index in [0.717, 1.165) is 18.2 Å². The number of ether oxygens (including phenoxy) is 2. The van der Waals surface area contributed by atoms with E-state index in [9.17, 15) is 27.9 Å². The number of carboxylic acid groups (broad SMARTS) is 1. The van der Waals surface area contributed by atoms with Crippen LogP contribution in [0.25, 0.3) is 0 Å². The quantitative estimate of drug-likeness (QED) is 0.801. The van der Waals surface area contributed by atoms with E-state index in [4.69, 9.17) is 9.84 Å². The van der Waals surface area contributed by atoms with Gasteiger partial charge >= 0.3 is 18.1 Å². The van der Waals surface area contributed by atoms with Gasteiger partial charge < -0.3 is 19.7 Å². The first-order chi connectivity index (χ1) is 9.19. The van der Waals surface area contributed by atoms with Gasteiger partial charge in [-0.25, -0.2) is 9.59 Å². The Hall–Kier alpha value is -2.45. The molecular weight excluding hydrogens is 285 g/mol. The van der Waals surface area contributed by atoms with Crippen LogP contribution in [-0.2, 0) is 9.53 Å². The van der Waals surface area contributed by atoms with Gasteiger partial charge in [-0.15, -0.1) is 0 Å². The van der Waals surface area contributed by atoms with Crippen LogP contribution < -0.4 is 4.74 Å². The van der Waals surface area contributed by atoms with Crippen LogP contribution in [0.2, 0.25) is 0 Å². The molecule has 0 fully saturated rings. The highest BCUT2D eigenvalue weighted by atomic mass is 19.4. The summed E-state index contributed by atoms with van der Waals surface area (Å²) in [5.41, 5.74) is -0.467. The Balaban J connectivity index is 2.56. The Morgan fingerprint density at radius 1 is 1.25 bits per heavy atom. The zero-order valence-corrected chi connectivity index (χ0v) is 9.81. The van der Waals surface area contributed by atoms with Gasteiger partial charge in [0.25, 0.3) is 0 Å². The number of hydrogen-bond acceptors (Lipinski definition) is 5. The van der Waals surface area contributed by atoms with Gasteiger partial charge in [0.05, 0.1) is 0 Å². The van der Waals surface area contributed by atoms with E-state index in [-0.39, 0.29) is 5.75 Å².